The number of amides is 1. The summed E-state index contributed by atoms with van der Waals surface area (Å²) in [5.74, 6) is -1.68. The van der Waals surface area contributed by atoms with Crippen LogP contribution in [0.5, 0.6) is 5.75 Å². The third-order valence-electron chi connectivity index (χ3n) is 4.87. The minimum atomic E-state index is -1.15. The number of aromatic hydroxyl groups is 1. The van der Waals surface area contributed by atoms with Gasteiger partial charge in [0.1, 0.15) is 11.9 Å². The first-order valence-corrected chi connectivity index (χ1v) is 8.52. The van der Waals surface area contributed by atoms with Gasteiger partial charge >= 0.3 is 5.97 Å². The Hall–Kier alpha value is -3.46. The topological polar surface area (TPSA) is 157 Å². The summed E-state index contributed by atoms with van der Waals surface area (Å²) in [7, 11) is 0. The highest BCUT2D eigenvalue weighted by Crippen LogP contribution is 2.33. The Kier molecular flexibility index (Phi) is 4.56. The number of primary amides is 1. The van der Waals surface area contributed by atoms with Crippen LogP contribution in [0.25, 0.3) is 22.3 Å². The van der Waals surface area contributed by atoms with Gasteiger partial charge in [0.05, 0.1) is 27.8 Å². The van der Waals surface area contributed by atoms with Crippen LogP contribution in [0.3, 0.4) is 0 Å². The van der Waals surface area contributed by atoms with Crippen molar-refractivity contribution in [3.8, 4) is 17.0 Å². The molecule has 2 heterocycles. The van der Waals surface area contributed by atoms with Crippen LogP contribution in [0.1, 0.15) is 36.1 Å². The molecule has 6 N–H and O–H groups in total. The van der Waals surface area contributed by atoms with Crippen LogP contribution in [0.2, 0.25) is 0 Å². The minimum Gasteiger partial charge on any atom is -0.508 e. The van der Waals surface area contributed by atoms with E-state index in [1.54, 1.807) is 32.9 Å². The number of carboxylic acids is 1. The van der Waals surface area contributed by atoms with E-state index in [-0.39, 0.29) is 17.0 Å². The van der Waals surface area contributed by atoms with Gasteiger partial charge < -0.3 is 21.7 Å². The molecule has 3 aromatic rings. The van der Waals surface area contributed by atoms with Crippen LogP contribution < -0.4 is 11.5 Å². The zero-order valence-corrected chi connectivity index (χ0v) is 15.7. The molecule has 9 heteroatoms. The number of fused-ring (bicyclic) bond motifs is 1. The number of nitrogens with zero attached hydrogens (tertiary/aromatic N) is 3. The van der Waals surface area contributed by atoms with Gasteiger partial charge in [-0.05, 0) is 51.1 Å². The largest absolute Gasteiger partial charge is 0.508 e. The second kappa shape index (κ2) is 6.61. The second-order valence-electron chi connectivity index (χ2n) is 7.17. The molecular weight excluding hydrogens is 362 g/mol. The van der Waals surface area contributed by atoms with Crippen molar-refractivity contribution in [1.29, 1.82) is 0 Å². The number of pyridine rings is 1. The van der Waals surface area contributed by atoms with Crippen LogP contribution in [-0.2, 0) is 4.79 Å². The minimum absolute atomic E-state index is 0.0147. The molecule has 0 bridgehead atoms. The van der Waals surface area contributed by atoms with E-state index in [0.29, 0.717) is 22.3 Å². The van der Waals surface area contributed by atoms with Gasteiger partial charge in [0, 0.05) is 5.56 Å². The molecular formula is C19H21N5O4. The molecule has 1 unspecified atom stereocenters. The molecule has 0 aliphatic heterocycles. The SMILES string of the molecule is Cc1nn(C(N)C(C)(C)C(N)=O)c2nc(-c3ccc(O)cc3)cc(C(=O)O)c12. The fourth-order valence-electron chi connectivity index (χ4n) is 2.91. The number of hydrogen-bond acceptors (Lipinski definition) is 6. The fourth-order valence-corrected chi connectivity index (χ4v) is 2.91. The van der Waals surface area contributed by atoms with Gasteiger partial charge in [-0.2, -0.15) is 5.10 Å². The lowest BCUT2D eigenvalue weighted by Crippen LogP contribution is -2.44. The highest BCUT2D eigenvalue weighted by atomic mass is 16.4. The summed E-state index contributed by atoms with van der Waals surface area (Å²) in [5.41, 5.74) is 12.2. The van der Waals surface area contributed by atoms with E-state index in [1.165, 1.54) is 22.9 Å². The Morgan fingerprint density at radius 3 is 2.36 bits per heavy atom. The van der Waals surface area contributed by atoms with Crippen LogP contribution in [0.15, 0.2) is 30.3 Å². The fraction of sp³-hybridized carbons (Fsp3) is 0.263. The number of phenolic OH excluding ortho intramolecular Hbond substituents is 1. The number of benzene rings is 1. The number of carbonyl (C=O) groups is 2. The molecule has 1 amide bonds. The zero-order chi connectivity index (χ0) is 20.8. The number of carbonyl (C=O) groups excluding carboxylic acids is 1. The highest BCUT2D eigenvalue weighted by Gasteiger charge is 2.36. The Balaban J connectivity index is 2.32. The number of carboxylic acid groups (broad SMARTS) is 1. The monoisotopic (exact) mass is 383 g/mol. The quantitative estimate of drug-likeness (QED) is 0.523. The number of nitrogens with two attached hydrogens (primary N) is 2. The predicted molar refractivity (Wildman–Crippen MR) is 103 cm³/mol. The normalized spacial score (nSPS) is 12.9. The second-order valence-corrected chi connectivity index (χ2v) is 7.17. The first-order valence-electron chi connectivity index (χ1n) is 8.52. The molecule has 1 atom stereocenters. The summed E-state index contributed by atoms with van der Waals surface area (Å²) in [6, 6.07) is 7.64. The highest BCUT2D eigenvalue weighted by molar-refractivity contribution is 6.04. The summed E-state index contributed by atoms with van der Waals surface area (Å²) >= 11 is 0. The molecule has 3 rings (SSSR count). The van der Waals surface area contributed by atoms with Gasteiger partial charge in [-0.3, -0.25) is 4.79 Å². The van der Waals surface area contributed by atoms with Crippen LogP contribution >= 0.6 is 0 Å². The Labute approximate surface area is 160 Å². The van der Waals surface area contributed by atoms with Gasteiger partial charge in [0.15, 0.2) is 5.65 Å². The maximum Gasteiger partial charge on any atom is 0.336 e. The molecule has 0 fully saturated rings. The van der Waals surface area contributed by atoms with Crippen molar-refractivity contribution in [1.82, 2.24) is 14.8 Å². The van der Waals surface area contributed by atoms with E-state index in [0.717, 1.165) is 0 Å². The molecule has 0 radical (unpaired) electrons. The number of aromatic carboxylic acids is 1. The first-order chi connectivity index (χ1) is 13.0. The Morgan fingerprint density at radius 1 is 1.21 bits per heavy atom. The number of aromatic nitrogens is 3. The van der Waals surface area contributed by atoms with Crippen molar-refractivity contribution in [2.24, 2.45) is 16.9 Å². The van der Waals surface area contributed by atoms with Crippen molar-refractivity contribution < 1.29 is 19.8 Å². The summed E-state index contributed by atoms with van der Waals surface area (Å²) in [6.07, 6.45) is -0.953. The molecule has 0 spiro atoms. The number of phenols is 1. The van der Waals surface area contributed by atoms with Crippen LogP contribution in [0, 0.1) is 12.3 Å². The molecule has 9 nitrogen and oxygen atoms in total. The van der Waals surface area contributed by atoms with Crippen molar-refractivity contribution in [3.63, 3.8) is 0 Å². The molecule has 28 heavy (non-hydrogen) atoms. The lowest BCUT2D eigenvalue weighted by molar-refractivity contribution is -0.128. The molecule has 0 saturated carbocycles. The molecule has 146 valence electrons. The standard InChI is InChI=1S/C19H21N5O4/c1-9-14-12(16(26)27)8-13(10-4-6-11(25)7-5-10)22-15(14)24(23-9)17(20)19(2,3)18(21)28/h4-8,17,25H,20H2,1-3H3,(H2,21,28)(H,26,27). The molecule has 2 aromatic heterocycles. The zero-order valence-electron chi connectivity index (χ0n) is 15.7. The van der Waals surface area contributed by atoms with Crippen molar-refractivity contribution in [2.75, 3.05) is 0 Å². The van der Waals surface area contributed by atoms with Crippen LogP contribution in [-0.4, -0.2) is 36.9 Å². The van der Waals surface area contributed by atoms with E-state index < -0.39 is 23.5 Å². The van der Waals surface area contributed by atoms with Gasteiger partial charge in [0.25, 0.3) is 0 Å². The number of hydrogen-bond donors (Lipinski definition) is 4. The average molecular weight is 383 g/mol. The molecule has 0 aliphatic carbocycles. The summed E-state index contributed by atoms with van der Waals surface area (Å²) in [5, 5.41) is 23.9. The lowest BCUT2D eigenvalue weighted by Gasteiger charge is -2.28. The number of aryl methyl sites for hydroxylation is 1. The third kappa shape index (κ3) is 3.05. The summed E-state index contributed by atoms with van der Waals surface area (Å²) in [6.45, 7) is 4.83. The van der Waals surface area contributed by atoms with Gasteiger partial charge in [0.2, 0.25) is 5.91 Å². The Morgan fingerprint density at radius 2 is 1.82 bits per heavy atom. The van der Waals surface area contributed by atoms with Crippen molar-refractivity contribution >= 4 is 22.9 Å². The van der Waals surface area contributed by atoms with E-state index in [9.17, 15) is 19.8 Å². The van der Waals surface area contributed by atoms with Crippen molar-refractivity contribution in [3.05, 3.63) is 41.6 Å². The maximum atomic E-state index is 11.9. The van der Waals surface area contributed by atoms with E-state index in [4.69, 9.17) is 11.5 Å². The first kappa shape index (κ1) is 19.3. The van der Waals surface area contributed by atoms with E-state index in [1.807, 2.05) is 0 Å². The summed E-state index contributed by atoms with van der Waals surface area (Å²) in [4.78, 5) is 28.3. The molecule has 0 aliphatic rings. The molecule has 1 aromatic carbocycles. The predicted octanol–water partition coefficient (Wildman–Crippen LogP) is 1.78. The van der Waals surface area contributed by atoms with Crippen molar-refractivity contribution in [2.45, 2.75) is 26.9 Å². The Bertz CT molecular complexity index is 1090. The maximum absolute atomic E-state index is 11.9. The van der Waals surface area contributed by atoms with Crippen LogP contribution in [0.4, 0.5) is 0 Å². The third-order valence-corrected chi connectivity index (χ3v) is 4.87. The van der Waals surface area contributed by atoms with Gasteiger partial charge in [-0.1, -0.05) is 0 Å². The van der Waals surface area contributed by atoms with Gasteiger partial charge in [-0.15, -0.1) is 0 Å². The molecule has 0 saturated heterocycles. The van der Waals surface area contributed by atoms with E-state index >= 15 is 0 Å². The van der Waals surface area contributed by atoms with E-state index in [2.05, 4.69) is 10.1 Å². The number of rotatable bonds is 5. The lowest BCUT2D eigenvalue weighted by atomic mass is 9.89. The van der Waals surface area contributed by atoms with Gasteiger partial charge in [-0.25, -0.2) is 14.5 Å². The average Bonchev–Trinajstić information content (AvgIpc) is 2.97. The summed E-state index contributed by atoms with van der Waals surface area (Å²) < 4.78 is 1.34. The smallest absolute Gasteiger partial charge is 0.336 e.